The van der Waals surface area contributed by atoms with Crippen molar-refractivity contribution in [3.05, 3.63) is 131 Å². The van der Waals surface area contributed by atoms with E-state index in [-0.39, 0.29) is 18.7 Å². The molecule has 7 nitrogen and oxygen atoms in total. The van der Waals surface area contributed by atoms with Gasteiger partial charge in [0.2, 0.25) is 6.79 Å². The Kier molecular flexibility index (Phi) is 5.96. The molecule has 5 aromatic rings. The number of amides is 1. The number of carbonyl (C=O) groups excluding carboxylic acids is 1. The van der Waals surface area contributed by atoms with Crippen LogP contribution in [0.15, 0.2) is 97.1 Å². The van der Waals surface area contributed by atoms with Gasteiger partial charge in [0.1, 0.15) is 18.1 Å². The molecule has 0 bridgehead atoms. The number of ether oxygens (including phenoxy) is 3. The molecule has 0 aliphatic carbocycles. The quantitative estimate of drug-likeness (QED) is 0.263. The lowest BCUT2D eigenvalue weighted by atomic mass is 9.95. The summed E-state index contributed by atoms with van der Waals surface area (Å²) < 4.78 is 17.1. The predicted molar refractivity (Wildman–Crippen MR) is 150 cm³/mol. The van der Waals surface area contributed by atoms with Crippen LogP contribution >= 0.6 is 0 Å². The molecule has 198 valence electrons. The molecule has 1 unspecified atom stereocenters. The third kappa shape index (κ3) is 4.35. The molecule has 4 aromatic carbocycles. The van der Waals surface area contributed by atoms with Gasteiger partial charge in [0.05, 0.1) is 11.7 Å². The Balaban J connectivity index is 1.24. The lowest BCUT2D eigenvalue weighted by molar-refractivity contribution is 0.0730. The number of H-pyrrole nitrogens is 1. The lowest BCUT2D eigenvalue weighted by Crippen LogP contribution is -2.29. The Hall–Kier alpha value is -5.04. The minimum absolute atomic E-state index is 0.0899. The molecule has 0 saturated carbocycles. The Morgan fingerprint density at radius 2 is 1.68 bits per heavy atom. The van der Waals surface area contributed by atoms with Crippen LogP contribution in [0.2, 0.25) is 0 Å². The van der Waals surface area contributed by atoms with Gasteiger partial charge < -0.3 is 19.1 Å². The molecular formula is C33H27N3O4. The summed E-state index contributed by atoms with van der Waals surface area (Å²) in [6.07, 6.45) is 0. The molecule has 0 saturated heterocycles. The van der Waals surface area contributed by atoms with Gasteiger partial charge in [-0.05, 0) is 47.9 Å². The molecule has 1 N–H and O–H groups in total. The Bertz CT molecular complexity index is 1680. The van der Waals surface area contributed by atoms with Crippen molar-refractivity contribution in [3.8, 4) is 28.5 Å². The van der Waals surface area contributed by atoms with Crippen LogP contribution in [-0.4, -0.2) is 27.8 Å². The van der Waals surface area contributed by atoms with Gasteiger partial charge in [0, 0.05) is 17.7 Å². The first-order chi connectivity index (χ1) is 19.6. The van der Waals surface area contributed by atoms with Crippen LogP contribution in [0.3, 0.4) is 0 Å². The molecule has 0 radical (unpaired) electrons. The topological polar surface area (TPSA) is 76.7 Å². The molecule has 0 spiro atoms. The van der Waals surface area contributed by atoms with E-state index in [9.17, 15) is 4.79 Å². The molecule has 2 aliphatic heterocycles. The number of nitrogens with zero attached hydrogens (tertiary/aromatic N) is 2. The highest BCUT2D eigenvalue weighted by Crippen LogP contribution is 2.44. The SMILES string of the molecule is Cc1ccc(-c2n[nH]c3c2C(c2ccc(OCc4ccccc4)cc2)N(Cc2ccc4c(c2)OCO4)C3=O)cc1. The number of benzene rings is 4. The standard InChI is InChI=1S/C33H27N3O4/c1-21-7-10-24(11-8-21)30-29-31(35-34-30)33(37)36(18-23-9-16-27-28(17-23)40-20-39-27)32(29)25-12-14-26(15-13-25)38-19-22-5-3-2-4-6-22/h2-17,32H,18-20H2,1H3,(H,34,35). The predicted octanol–water partition coefficient (Wildman–Crippen LogP) is 6.44. The molecule has 3 heterocycles. The van der Waals surface area contributed by atoms with Gasteiger partial charge in [0.25, 0.3) is 5.91 Å². The molecule has 7 heteroatoms. The number of hydrogen-bond donors (Lipinski definition) is 1. The van der Waals surface area contributed by atoms with Crippen LogP contribution in [0.25, 0.3) is 11.3 Å². The van der Waals surface area contributed by atoms with E-state index in [1.54, 1.807) is 0 Å². The van der Waals surface area contributed by atoms with Gasteiger partial charge in [0.15, 0.2) is 11.5 Å². The Morgan fingerprint density at radius 3 is 2.48 bits per heavy atom. The molecule has 1 atom stereocenters. The van der Waals surface area contributed by atoms with Crippen LogP contribution in [0.1, 0.15) is 44.3 Å². The first-order valence-corrected chi connectivity index (χ1v) is 13.3. The molecular weight excluding hydrogens is 502 g/mol. The van der Waals surface area contributed by atoms with Crippen molar-refractivity contribution >= 4 is 5.91 Å². The van der Waals surface area contributed by atoms with Crippen molar-refractivity contribution in [2.45, 2.75) is 26.1 Å². The second-order valence-electron chi connectivity index (χ2n) is 10.1. The Labute approximate surface area is 231 Å². The number of fused-ring (bicyclic) bond motifs is 2. The maximum atomic E-state index is 13.8. The first-order valence-electron chi connectivity index (χ1n) is 13.3. The lowest BCUT2D eigenvalue weighted by Gasteiger charge is -2.27. The number of aromatic nitrogens is 2. The normalized spacial score (nSPS) is 15.4. The van der Waals surface area contributed by atoms with Gasteiger partial charge in [-0.3, -0.25) is 9.89 Å². The van der Waals surface area contributed by atoms with Gasteiger partial charge in [-0.1, -0.05) is 78.4 Å². The minimum atomic E-state index is -0.328. The average molecular weight is 530 g/mol. The maximum absolute atomic E-state index is 13.8. The third-order valence-corrected chi connectivity index (χ3v) is 7.42. The van der Waals surface area contributed by atoms with Crippen LogP contribution in [-0.2, 0) is 13.2 Å². The minimum Gasteiger partial charge on any atom is -0.489 e. The van der Waals surface area contributed by atoms with E-state index in [0.29, 0.717) is 24.6 Å². The molecule has 2 aliphatic rings. The zero-order valence-corrected chi connectivity index (χ0v) is 22.0. The summed E-state index contributed by atoms with van der Waals surface area (Å²) in [5, 5.41) is 7.64. The highest BCUT2D eigenvalue weighted by molar-refractivity contribution is 6.00. The van der Waals surface area contributed by atoms with Crippen molar-refractivity contribution in [2.24, 2.45) is 0 Å². The largest absolute Gasteiger partial charge is 0.489 e. The van der Waals surface area contributed by atoms with E-state index in [2.05, 4.69) is 29.3 Å². The van der Waals surface area contributed by atoms with E-state index in [4.69, 9.17) is 14.2 Å². The van der Waals surface area contributed by atoms with Gasteiger partial charge in [-0.25, -0.2) is 0 Å². The molecule has 1 aromatic heterocycles. The van der Waals surface area contributed by atoms with Crippen LogP contribution in [0.4, 0.5) is 0 Å². The summed E-state index contributed by atoms with van der Waals surface area (Å²) in [5.41, 5.74) is 7.36. The summed E-state index contributed by atoms with van der Waals surface area (Å²) in [4.78, 5) is 15.7. The molecule has 0 fully saturated rings. The van der Waals surface area contributed by atoms with Crippen molar-refractivity contribution in [3.63, 3.8) is 0 Å². The number of rotatable bonds is 7. The van der Waals surface area contributed by atoms with Gasteiger partial charge in [-0.2, -0.15) is 5.10 Å². The zero-order valence-electron chi connectivity index (χ0n) is 22.0. The van der Waals surface area contributed by atoms with Crippen LogP contribution < -0.4 is 14.2 Å². The monoisotopic (exact) mass is 529 g/mol. The second kappa shape index (κ2) is 9.93. The smallest absolute Gasteiger partial charge is 0.273 e. The van der Waals surface area contributed by atoms with E-state index in [0.717, 1.165) is 45.0 Å². The van der Waals surface area contributed by atoms with Crippen LogP contribution in [0, 0.1) is 6.92 Å². The molecule has 1 amide bonds. The number of nitrogens with one attached hydrogen (secondary N) is 1. The van der Waals surface area contributed by atoms with E-state index in [1.165, 1.54) is 5.56 Å². The summed E-state index contributed by atoms with van der Waals surface area (Å²) in [7, 11) is 0. The van der Waals surface area contributed by atoms with Crippen molar-refractivity contribution in [1.29, 1.82) is 0 Å². The summed E-state index contributed by atoms with van der Waals surface area (Å²) in [5.74, 6) is 2.09. The second-order valence-corrected chi connectivity index (χ2v) is 10.1. The molecule has 40 heavy (non-hydrogen) atoms. The summed E-state index contributed by atoms with van der Waals surface area (Å²) in [6, 6.07) is 31.8. The van der Waals surface area contributed by atoms with E-state index >= 15 is 0 Å². The van der Waals surface area contributed by atoms with Gasteiger partial charge in [-0.15, -0.1) is 0 Å². The number of hydrogen-bond acceptors (Lipinski definition) is 5. The fraction of sp³-hybridized carbons (Fsp3) is 0.152. The van der Waals surface area contributed by atoms with Crippen molar-refractivity contribution < 1.29 is 19.0 Å². The number of aromatic amines is 1. The summed E-state index contributed by atoms with van der Waals surface area (Å²) >= 11 is 0. The summed E-state index contributed by atoms with van der Waals surface area (Å²) in [6.45, 7) is 3.16. The highest BCUT2D eigenvalue weighted by Gasteiger charge is 2.42. The number of aryl methyl sites for hydroxylation is 1. The fourth-order valence-corrected chi connectivity index (χ4v) is 5.36. The van der Waals surface area contributed by atoms with E-state index < -0.39 is 0 Å². The number of carbonyl (C=O) groups is 1. The third-order valence-electron chi connectivity index (χ3n) is 7.42. The highest BCUT2D eigenvalue weighted by atomic mass is 16.7. The van der Waals surface area contributed by atoms with Crippen LogP contribution in [0.5, 0.6) is 17.2 Å². The fourth-order valence-electron chi connectivity index (χ4n) is 5.36. The Morgan fingerprint density at radius 1 is 0.900 bits per heavy atom. The first kappa shape index (κ1) is 24.0. The van der Waals surface area contributed by atoms with Crippen molar-refractivity contribution in [1.82, 2.24) is 15.1 Å². The zero-order chi connectivity index (χ0) is 27.1. The van der Waals surface area contributed by atoms with Crippen molar-refractivity contribution in [2.75, 3.05) is 6.79 Å². The maximum Gasteiger partial charge on any atom is 0.273 e. The van der Waals surface area contributed by atoms with Gasteiger partial charge >= 0.3 is 0 Å². The molecule has 7 rings (SSSR count). The average Bonchev–Trinajstić information content (AvgIpc) is 3.70. The van der Waals surface area contributed by atoms with E-state index in [1.807, 2.05) is 89.8 Å².